The molecule has 0 bridgehead atoms. The zero-order valence-electron chi connectivity index (χ0n) is 10.6. The number of benzene rings is 1. The molecule has 0 saturated heterocycles. The number of hydrogen-bond acceptors (Lipinski definition) is 3. The second-order valence-corrected chi connectivity index (χ2v) is 4.88. The van der Waals surface area contributed by atoms with Gasteiger partial charge in [0.1, 0.15) is 12.2 Å². The predicted molar refractivity (Wildman–Crippen MR) is 70.0 cm³/mol. The van der Waals surface area contributed by atoms with Crippen LogP contribution in [0.25, 0.3) is 0 Å². The monoisotopic (exact) mass is 242 g/mol. The summed E-state index contributed by atoms with van der Waals surface area (Å²) in [5, 5.41) is 4.22. The van der Waals surface area contributed by atoms with Crippen molar-refractivity contribution >= 4 is 0 Å². The molecule has 94 valence electrons. The molecule has 18 heavy (non-hydrogen) atoms. The van der Waals surface area contributed by atoms with E-state index < -0.39 is 0 Å². The van der Waals surface area contributed by atoms with E-state index in [4.69, 9.17) is 5.73 Å². The molecule has 1 aromatic heterocycles. The van der Waals surface area contributed by atoms with Gasteiger partial charge in [-0.1, -0.05) is 24.3 Å². The Morgan fingerprint density at radius 1 is 1.39 bits per heavy atom. The summed E-state index contributed by atoms with van der Waals surface area (Å²) in [5.41, 5.74) is 9.02. The Balaban J connectivity index is 1.81. The van der Waals surface area contributed by atoms with Gasteiger partial charge in [-0.25, -0.2) is 4.98 Å². The molecule has 2 unspecified atom stereocenters. The number of nitrogens with zero attached hydrogens (tertiary/aromatic N) is 3. The van der Waals surface area contributed by atoms with Crippen molar-refractivity contribution in [1.29, 1.82) is 0 Å². The number of aromatic nitrogens is 3. The van der Waals surface area contributed by atoms with Gasteiger partial charge in [0.2, 0.25) is 0 Å². The van der Waals surface area contributed by atoms with E-state index in [1.54, 1.807) is 6.33 Å². The molecule has 2 N–H and O–H groups in total. The summed E-state index contributed by atoms with van der Waals surface area (Å²) in [6, 6.07) is 8.60. The van der Waals surface area contributed by atoms with Crippen LogP contribution in [0.3, 0.4) is 0 Å². The van der Waals surface area contributed by atoms with Crippen molar-refractivity contribution in [3.8, 4) is 0 Å². The van der Waals surface area contributed by atoms with Gasteiger partial charge in [-0.3, -0.25) is 4.68 Å². The molecular formula is C14H18N4. The molecule has 4 nitrogen and oxygen atoms in total. The molecule has 1 aliphatic rings. The van der Waals surface area contributed by atoms with Crippen LogP contribution in [0.1, 0.15) is 29.9 Å². The largest absolute Gasteiger partial charge is 0.324 e. The van der Waals surface area contributed by atoms with E-state index in [1.807, 2.05) is 4.68 Å². The molecule has 1 aromatic carbocycles. The van der Waals surface area contributed by atoms with E-state index in [1.165, 1.54) is 11.1 Å². The maximum atomic E-state index is 6.34. The number of nitrogens with two attached hydrogens (primary N) is 1. The van der Waals surface area contributed by atoms with Crippen LogP contribution in [0, 0.1) is 5.92 Å². The maximum absolute atomic E-state index is 6.34. The van der Waals surface area contributed by atoms with Crippen molar-refractivity contribution in [3.63, 3.8) is 0 Å². The van der Waals surface area contributed by atoms with Gasteiger partial charge in [-0.05, 0) is 30.4 Å². The second kappa shape index (κ2) is 4.53. The number of fused-ring (bicyclic) bond motifs is 1. The minimum Gasteiger partial charge on any atom is -0.324 e. The third kappa shape index (κ3) is 1.82. The molecule has 0 aliphatic heterocycles. The lowest BCUT2D eigenvalue weighted by molar-refractivity contribution is 0.439. The third-order valence-electron chi connectivity index (χ3n) is 3.84. The summed E-state index contributed by atoms with van der Waals surface area (Å²) < 4.78 is 1.95. The minimum atomic E-state index is 0.128. The van der Waals surface area contributed by atoms with E-state index in [9.17, 15) is 0 Å². The lowest BCUT2D eigenvalue weighted by Gasteiger charge is -2.15. The van der Waals surface area contributed by atoms with Gasteiger partial charge in [0.15, 0.2) is 0 Å². The summed E-state index contributed by atoms with van der Waals surface area (Å²) in [7, 11) is 0. The van der Waals surface area contributed by atoms with Crippen LogP contribution in [-0.4, -0.2) is 14.8 Å². The van der Waals surface area contributed by atoms with Crippen molar-refractivity contribution in [1.82, 2.24) is 14.8 Å². The van der Waals surface area contributed by atoms with Crippen LogP contribution in [0.5, 0.6) is 0 Å². The Labute approximate surface area is 107 Å². The molecular weight excluding hydrogens is 224 g/mol. The van der Waals surface area contributed by atoms with Gasteiger partial charge in [0, 0.05) is 19.0 Å². The molecule has 0 spiro atoms. The standard InChI is InChI=1S/C14H18N4/c1-2-18-13(16-9-17-18)8-11-7-10-5-3-4-6-12(10)14(11)15/h3-6,9,11,14H,2,7-8,15H2,1H3. The van der Waals surface area contributed by atoms with Crippen LogP contribution >= 0.6 is 0 Å². The maximum Gasteiger partial charge on any atom is 0.138 e. The molecule has 0 amide bonds. The van der Waals surface area contributed by atoms with Gasteiger partial charge in [-0.2, -0.15) is 5.10 Å². The van der Waals surface area contributed by atoms with E-state index in [2.05, 4.69) is 41.3 Å². The Morgan fingerprint density at radius 2 is 2.22 bits per heavy atom. The van der Waals surface area contributed by atoms with Crippen LogP contribution in [0.15, 0.2) is 30.6 Å². The lowest BCUT2D eigenvalue weighted by Crippen LogP contribution is -2.21. The highest BCUT2D eigenvalue weighted by atomic mass is 15.3. The summed E-state index contributed by atoms with van der Waals surface area (Å²) in [6.07, 6.45) is 3.59. The average molecular weight is 242 g/mol. The first kappa shape index (κ1) is 11.4. The van der Waals surface area contributed by atoms with Crippen molar-refractivity contribution in [3.05, 3.63) is 47.5 Å². The zero-order chi connectivity index (χ0) is 12.5. The molecule has 0 fully saturated rings. The highest BCUT2D eigenvalue weighted by Crippen LogP contribution is 2.35. The van der Waals surface area contributed by atoms with E-state index in [-0.39, 0.29) is 6.04 Å². The molecule has 1 heterocycles. The van der Waals surface area contributed by atoms with Gasteiger partial charge < -0.3 is 5.73 Å². The quantitative estimate of drug-likeness (QED) is 0.891. The Kier molecular flexibility index (Phi) is 2.88. The van der Waals surface area contributed by atoms with Crippen LogP contribution < -0.4 is 5.73 Å². The summed E-state index contributed by atoms with van der Waals surface area (Å²) in [5.74, 6) is 1.49. The molecule has 4 heteroatoms. The van der Waals surface area contributed by atoms with Crippen LogP contribution in [0.2, 0.25) is 0 Å². The molecule has 3 rings (SSSR count). The van der Waals surface area contributed by atoms with Crippen LogP contribution in [0.4, 0.5) is 0 Å². The van der Waals surface area contributed by atoms with Gasteiger partial charge in [-0.15, -0.1) is 0 Å². The van der Waals surface area contributed by atoms with Crippen molar-refractivity contribution in [2.45, 2.75) is 32.4 Å². The van der Waals surface area contributed by atoms with Crippen molar-refractivity contribution in [2.24, 2.45) is 11.7 Å². The fourth-order valence-corrected chi connectivity index (χ4v) is 2.85. The Bertz CT molecular complexity index is 546. The smallest absolute Gasteiger partial charge is 0.138 e. The number of rotatable bonds is 3. The highest BCUT2D eigenvalue weighted by Gasteiger charge is 2.30. The Hall–Kier alpha value is -1.68. The fraction of sp³-hybridized carbons (Fsp3) is 0.429. The second-order valence-electron chi connectivity index (χ2n) is 4.88. The normalized spacial score (nSPS) is 22.1. The molecule has 1 aliphatic carbocycles. The minimum absolute atomic E-state index is 0.128. The summed E-state index contributed by atoms with van der Waals surface area (Å²) in [6.45, 7) is 2.95. The first-order chi connectivity index (χ1) is 8.79. The van der Waals surface area contributed by atoms with E-state index in [0.29, 0.717) is 5.92 Å². The first-order valence-electron chi connectivity index (χ1n) is 6.49. The summed E-state index contributed by atoms with van der Waals surface area (Å²) in [4.78, 5) is 4.34. The SMILES string of the molecule is CCn1ncnc1CC1Cc2ccccc2C1N. The number of hydrogen-bond donors (Lipinski definition) is 1. The van der Waals surface area contributed by atoms with Crippen LogP contribution in [-0.2, 0) is 19.4 Å². The topological polar surface area (TPSA) is 56.7 Å². The van der Waals surface area contributed by atoms with Gasteiger partial charge in [0.05, 0.1) is 0 Å². The van der Waals surface area contributed by atoms with E-state index >= 15 is 0 Å². The van der Waals surface area contributed by atoms with Gasteiger partial charge in [0.25, 0.3) is 0 Å². The lowest BCUT2D eigenvalue weighted by atomic mass is 9.97. The average Bonchev–Trinajstić information content (AvgIpc) is 2.96. The number of aryl methyl sites for hydroxylation is 1. The highest BCUT2D eigenvalue weighted by molar-refractivity contribution is 5.35. The molecule has 2 atom stereocenters. The fourth-order valence-electron chi connectivity index (χ4n) is 2.85. The third-order valence-corrected chi connectivity index (χ3v) is 3.84. The zero-order valence-corrected chi connectivity index (χ0v) is 10.6. The molecule has 0 saturated carbocycles. The van der Waals surface area contributed by atoms with E-state index in [0.717, 1.165) is 25.2 Å². The van der Waals surface area contributed by atoms with Crippen molar-refractivity contribution < 1.29 is 0 Å². The molecule has 2 aromatic rings. The Morgan fingerprint density at radius 3 is 3.00 bits per heavy atom. The van der Waals surface area contributed by atoms with Gasteiger partial charge >= 0.3 is 0 Å². The van der Waals surface area contributed by atoms with Crippen molar-refractivity contribution in [2.75, 3.05) is 0 Å². The first-order valence-corrected chi connectivity index (χ1v) is 6.49. The summed E-state index contributed by atoms with van der Waals surface area (Å²) >= 11 is 0. The molecule has 0 radical (unpaired) electrons. The predicted octanol–water partition coefficient (Wildman–Crippen LogP) is 1.71.